The van der Waals surface area contributed by atoms with Crippen LogP contribution < -0.4 is 0 Å². The van der Waals surface area contributed by atoms with E-state index < -0.39 is 0 Å². The molecule has 112 valence electrons. The molecule has 2 aromatic carbocycles. The molecule has 0 aliphatic rings. The Morgan fingerprint density at radius 3 is 1.55 bits per heavy atom. The van der Waals surface area contributed by atoms with Crippen molar-refractivity contribution in [3.8, 4) is 0 Å². The average molecular weight is 288 g/mol. The first-order valence-electron chi connectivity index (χ1n) is 7.83. The van der Waals surface area contributed by atoms with Gasteiger partial charge in [-0.15, -0.1) is 0 Å². The van der Waals surface area contributed by atoms with E-state index in [0.29, 0.717) is 5.92 Å². The molecule has 0 fully saturated rings. The van der Waals surface area contributed by atoms with Crippen molar-refractivity contribution in [2.24, 2.45) is 0 Å². The van der Waals surface area contributed by atoms with E-state index in [9.17, 15) is 0 Å². The minimum Gasteiger partial charge on any atom is -0.0622 e. The van der Waals surface area contributed by atoms with Gasteiger partial charge < -0.3 is 0 Å². The third-order valence-corrected chi connectivity index (χ3v) is 3.59. The molecule has 0 bridgehead atoms. The molecule has 0 atom stereocenters. The summed E-state index contributed by atoms with van der Waals surface area (Å²) in [6.07, 6.45) is 12.5. The summed E-state index contributed by atoms with van der Waals surface area (Å²) >= 11 is 0. The largest absolute Gasteiger partial charge is 0.0622 e. The van der Waals surface area contributed by atoms with E-state index in [1.165, 1.54) is 22.3 Å². The van der Waals surface area contributed by atoms with Crippen molar-refractivity contribution in [1.29, 1.82) is 0 Å². The van der Waals surface area contributed by atoms with Crippen molar-refractivity contribution < 1.29 is 0 Å². The molecule has 0 saturated carbocycles. The molecule has 0 aliphatic heterocycles. The molecular formula is C22H24. The van der Waals surface area contributed by atoms with E-state index in [1.807, 2.05) is 0 Å². The summed E-state index contributed by atoms with van der Waals surface area (Å²) in [4.78, 5) is 0. The Kier molecular flexibility index (Phi) is 5.97. The standard InChI is InChI=1S/C22H24/c1-18(2)22-16-14-21(15-17-22)9-7-5-4-6-8-20-12-10-19(3)11-13-20/h4-18H,1-3H3/b5-4+,8-6+,9-7+. The third kappa shape index (κ3) is 5.21. The SMILES string of the molecule is Cc1ccc(/C=C/C=C/C=C/c2ccc(C(C)C)cc2)cc1. The number of hydrogen-bond acceptors (Lipinski definition) is 0. The van der Waals surface area contributed by atoms with Crippen LogP contribution in [0.5, 0.6) is 0 Å². The van der Waals surface area contributed by atoms with E-state index in [-0.39, 0.29) is 0 Å². The first-order chi connectivity index (χ1) is 10.6. The van der Waals surface area contributed by atoms with Crippen molar-refractivity contribution in [2.45, 2.75) is 26.7 Å². The Morgan fingerprint density at radius 1 is 0.636 bits per heavy atom. The van der Waals surface area contributed by atoms with Gasteiger partial charge in [0.1, 0.15) is 0 Å². The quantitative estimate of drug-likeness (QED) is 0.558. The van der Waals surface area contributed by atoms with Gasteiger partial charge in [-0.25, -0.2) is 0 Å². The Hall–Kier alpha value is -2.34. The fourth-order valence-electron chi connectivity index (χ4n) is 2.13. The molecule has 0 aliphatic carbocycles. The highest BCUT2D eigenvalue weighted by atomic mass is 14.0. The molecule has 0 heterocycles. The molecule has 0 saturated heterocycles. The van der Waals surface area contributed by atoms with Crippen molar-refractivity contribution in [3.05, 3.63) is 95.1 Å². The van der Waals surface area contributed by atoms with E-state index in [0.717, 1.165) is 0 Å². The molecule has 0 spiro atoms. The zero-order chi connectivity index (χ0) is 15.8. The Labute approximate surface area is 134 Å². The molecule has 22 heavy (non-hydrogen) atoms. The number of allylic oxidation sites excluding steroid dienone is 4. The highest BCUT2D eigenvalue weighted by molar-refractivity contribution is 5.54. The lowest BCUT2D eigenvalue weighted by Gasteiger charge is -2.04. The predicted octanol–water partition coefficient (Wildman–Crippen LogP) is 6.40. The van der Waals surface area contributed by atoms with Crippen LogP contribution in [0.2, 0.25) is 0 Å². The predicted molar refractivity (Wildman–Crippen MR) is 98.9 cm³/mol. The van der Waals surface area contributed by atoms with Crippen LogP contribution in [0.25, 0.3) is 12.2 Å². The van der Waals surface area contributed by atoms with Crippen LogP contribution in [0.3, 0.4) is 0 Å². The fraction of sp³-hybridized carbons (Fsp3) is 0.182. The van der Waals surface area contributed by atoms with Crippen molar-refractivity contribution in [3.63, 3.8) is 0 Å². The lowest BCUT2D eigenvalue weighted by molar-refractivity contribution is 0.866. The van der Waals surface area contributed by atoms with Crippen molar-refractivity contribution in [2.75, 3.05) is 0 Å². The van der Waals surface area contributed by atoms with Gasteiger partial charge >= 0.3 is 0 Å². The normalized spacial score (nSPS) is 12.2. The van der Waals surface area contributed by atoms with Gasteiger partial charge in [0.15, 0.2) is 0 Å². The van der Waals surface area contributed by atoms with Gasteiger partial charge in [-0.3, -0.25) is 0 Å². The van der Waals surface area contributed by atoms with Gasteiger partial charge in [0.25, 0.3) is 0 Å². The van der Waals surface area contributed by atoms with E-state index >= 15 is 0 Å². The molecule has 2 aromatic rings. The Balaban J connectivity index is 1.87. The van der Waals surface area contributed by atoms with Crippen molar-refractivity contribution >= 4 is 12.2 Å². The molecule has 0 amide bonds. The summed E-state index contributed by atoms with van der Waals surface area (Å²) in [7, 11) is 0. The number of hydrogen-bond donors (Lipinski definition) is 0. The minimum atomic E-state index is 0.588. The first-order valence-corrected chi connectivity index (χ1v) is 7.83. The van der Waals surface area contributed by atoms with Crippen LogP contribution in [-0.4, -0.2) is 0 Å². The minimum absolute atomic E-state index is 0.588. The topological polar surface area (TPSA) is 0 Å². The van der Waals surface area contributed by atoms with Gasteiger partial charge in [0.05, 0.1) is 0 Å². The fourth-order valence-corrected chi connectivity index (χ4v) is 2.13. The maximum atomic E-state index is 2.22. The van der Waals surface area contributed by atoms with Crippen LogP contribution in [0.1, 0.15) is 42.0 Å². The molecule has 0 aromatic heterocycles. The second-order valence-electron chi connectivity index (χ2n) is 5.84. The van der Waals surface area contributed by atoms with Crippen LogP contribution in [-0.2, 0) is 0 Å². The smallest absolute Gasteiger partial charge is 0.0219 e. The summed E-state index contributed by atoms with van der Waals surface area (Å²) in [5.74, 6) is 0.588. The summed E-state index contributed by atoms with van der Waals surface area (Å²) in [6.45, 7) is 6.54. The van der Waals surface area contributed by atoms with Crippen LogP contribution in [0, 0.1) is 6.92 Å². The molecule has 0 radical (unpaired) electrons. The van der Waals surface area contributed by atoms with Crippen LogP contribution in [0.4, 0.5) is 0 Å². The highest BCUT2D eigenvalue weighted by Crippen LogP contribution is 2.15. The van der Waals surface area contributed by atoms with Gasteiger partial charge in [-0.05, 0) is 29.5 Å². The molecule has 2 rings (SSSR count). The van der Waals surface area contributed by atoms with Gasteiger partial charge in [-0.1, -0.05) is 104 Å². The number of benzene rings is 2. The summed E-state index contributed by atoms with van der Waals surface area (Å²) in [6, 6.07) is 17.3. The second-order valence-corrected chi connectivity index (χ2v) is 5.84. The molecule has 0 nitrogen and oxygen atoms in total. The van der Waals surface area contributed by atoms with Gasteiger partial charge in [0.2, 0.25) is 0 Å². The number of rotatable bonds is 5. The zero-order valence-electron chi connectivity index (χ0n) is 13.7. The second kappa shape index (κ2) is 8.19. The van der Waals surface area contributed by atoms with E-state index in [2.05, 4.69) is 106 Å². The third-order valence-electron chi connectivity index (χ3n) is 3.59. The molecule has 0 unspecified atom stereocenters. The Morgan fingerprint density at radius 2 is 1.09 bits per heavy atom. The van der Waals surface area contributed by atoms with E-state index in [1.54, 1.807) is 0 Å². The summed E-state index contributed by atoms with van der Waals surface area (Å²) in [5, 5.41) is 0. The van der Waals surface area contributed by atoms with Crippen molar-refractivity contribution in [1.82, 2.24) is 0 Å². The van der Waals surface area contributed by atoms with E-state index in [4.69, 9.17) is 0 Å². The average Bonchev–Trinajstić information content (AvgIpc) is 2.53. The maximum absolute atomic E-state index is 2.22. The summed E-state index contributed by atoms with van der Waals surface area (Å²) < 4.78 is 0. The lowest BCUT2D eigenvalue weighted by atomic mass is 10.0. The first kappa shape index (κ1) is 16.0. The highest BCUT2D eigenvalue weighted by Gasteiger charge is 1.96. The van der Waals surface area contributed by atoms with Crippen LogP contribution >= 0.6 is 0 Å². The monoisotopic (exact) mass is 288 g/mol. The molecule has 0 heteroatoms. The summed E-state index contributed by atoms with van der Waals surface area (Å²) in [5.41, 5.74) is 5.13. The Bertz CT molecular complexity index is 650. The maximum Gasteiger partial charge on any atom is -0.0219 e. The molecular weight excluding hydrogens is 264 g/mol. The van der Waals surface area contributed by atoms with Crippen LogP contribution in [0.15, 0.2) is 72.8 Å². The lowest BCUT2D eigenvalue weighted by Crippen LogP contribution is -1.85. The number of aryl methyl sites for hydroxylation is 1. The molecule has 0 N–H and O–H groups in total. The zero-order valence-corrected chi connectivity index (χ0v) is 13.7. The van der Waals surface area contributed by atoms with Gasteiger partial charge in [0, 0.05) is 0 Å². The van der Waals surface area contributed by atoms with Gasteiger partial charge in [-0.2, -0.15) is 0 Å².